The van der Waals surface area contributed by atoms with E-state index in [4.69, 9.17) is 16.3 Å². The second-order valence-corrected chi connectivity index (χ2v) is 10.2. The molecule has 6 nitrogen and oxygen atoms in total. The molecule has 0 spiro atoms. The highest BCUT2D eigenvalue weighted by molar-refractivity contribution is 7.99. The number of ether oxygens (including phenoxy) is 1. The Morgan fingerprint density at radius 2 is 1.75 bits per heavy atom. The number of carbonyl (C=O) groups excluding carboxylic acids is 1. The van der Waals surface area contributed by atoms with Crippen LogP contribution < -0.4 is 14.4 Å². The second kappa shape index (κ2) is 10.8. The lowest BCUT2D eigenvalue weighted by Crippen LogP contribution is -2.38. The van der Waals surface area contributed by atoms with Gasteiger partial charge in [0.05, 0.1) is 28.4 Å². The fourth-order valence-corrected chi connectivity index (χ4v) is 5.46. The average Bonchev–Trinajstić information content (AvgIpc) is 2.79. The van der Waals surface area contributed by atoms with Crippen LogP contribution in [0.5, 0.6) is 5.75 Å². The number of hydrogen-bond acceptors (Lipinski definition) is 5. The van der Waals surface area contributed by atoms with Crippen molar-refractivity contribution in [2.75, 3.05) is 29.0 Å². The number of thioether (sulfide) groups is 1. The van der Waals surface area contributed by atoms with Crippen LogP contribution in [0.25, 0.3) is 0 Å². The van der Waals surface area contributed by atoms with E-state index in [9.17, 15) is 13.2 Å². The normalized spacial score (nSPS) is 11.1. The van der Waals surface area contributed by atoms with Gasteiger partial charge < -0.3 is 10.1 Å². The molecule has 0 aliphatic rings. The molecule has 3 rings (SSSR count). The van der Waals surface area contributed by atoms with Gasteiger partial charge >= 0.3 is 0 Å². The molecule has 0 atom stereocenters. The minimum Gasteiger partial charge on any atom is -0.495 e. The third-order valence-corrected chi connectivity index (χ3v) is 7.54. The largest absolute Gasteiger partial charge is 0.495 e. The first-order valence-corrected chi connectivity index (χ1v) is 12.6. The Bertz CT molecular complexity index is 1190. The summed E-state index contributed by atoms with van der Waals surface area (Å²) in [6, 6.07) is 19.9. The lowest BCUT2D eigenvalue weighted by atomic mass is 10.3. The highest BCUT2D eigenvalue weighted by Gasteiger charge is 2.28. The number of sulfonamides is 1. The fourth-order valence-electron chi connectivity index (χ4n) is 3.02. The monoisotopic (exact) mass is 490 g/mol. The van der Waals surface area contributed by atoms with Crippen molar-refractivity contribution in [2.24, 2.45) is 0 Å². The van der Waals surface area contributed by atoms with E-state index in [1.54, 1.807) is 48.2 Å². The molecule has 0 fully saturated rings. The zero-order chi connectivity index (χ0) is 23.1. The van der Waals surface area contributed by atoms with Gasteiger partial charge in [0, 0.05) is 4.90 Å². The van der Waals surface area contributed by atoms with Gasteiger partial charge in [0.25, 0.3) is 10.0 Å². The van der Waals surface area contributed by atoms with Crippen molar-refractivity contribution < 1.29 is 17.9 Å². The molecule has 0 saturated heterocycles. The number of halogens is 1. The average molecular weight is 491 g/mol. The molecule has 1 amide bonds. The fraction of sp³-hybridized carbons (Fsp3) is 0.174. The Kier molecular flexibility index (Phi) is 8.06. The maximum absolute atomic E-state index is 13.4. The van der Waals surface area contributed by atoms with Crippen LogP contribution in [-0.2, 0) is 14.8 Å². The Balaban J connectivity index is 1.96. The number of amides is 1. The summed E-state index contributed by atoms with van der Waals surface area (Å²) in [7, 11) is -2.56. The number of methoxy groups -OCH3 is 1. The van der Waals surface area contributed by atoms with Gasteiger partial charge in [-0.1, -0.05) is 48.9 Å². The number of para-hydroxylation sites is 1. The molecule has 1 N–H and O–H groups in total. The molecule has 0 heterocycles. The molecule has 0 aliphatic carbocycles. The first kappa shape index (κ1) is 24.0. The molecule has 168 valence electrons. The number of rotatable bonds is 9. The number of anilines is 2. The molecule has 32 heavy (non-hydrogen) atoms. The van der Waals surface area contributed by atoms with Gasteiger partial charge in [0.2, 0.25) is 5.91 Å². The highest BCUT2D eigenvalue weighted by atomic mass is 35.5. The number of benzene rings is 3. The predicted molar refractivity (Wildman–Crippen MR) is 130 cm³/mol. The van der Waals surface area contributed by atoms with Crippen molar-refractivity contribution in [3.63, 3.8) is 0 Å². The summed E-state index contributed by atoms with van der Waals surface area (Å²) in [6.45, 7) is 1.59. The van der Waals surface area contributed by atoms with Crippen LogP contribution in [0.15, 0.2) is 82.6 Å². The summed E-state index contributed by atoms with van der Waals surface area (Å²) in [5, 5.41) is 3.07. The van der Waals surface area contributed by atoms with E-state index in [0.29, 0.717) is 11.4 Å². The van der Waals surface area contributed by atoms with E-state index >= 15 is 0 Å². The summed E-state index contributed by atoms with van der Waals surface area (Å²) in [6.07, 6.45) is 0. The van der Waals surface area contributed by atoms with Crippen molar-refractivity contribution in [2.45, 2.75) is 16.7 Å². The van der Waals surface area contributed by atoms with Gasteiger partial charge in [-0.05, 0) is 48.2 Å². The summed E-state index contributed by atoms with van der Waals surface area (Å²) >= 11 is 7.83. The Morgan fingerprint density at radius 1 is 1.06 bits per heavy atom. The van der Waals surface area contributed by atoms with Gasteiger partial charge in [0.15, 0.2) is 0 Å². The van der Waals surface area contributed by atoms with Gasteiger partial charge in [0.1, 0.15) is 12.3 Å². The van der Waals surface area contributed by atoms with Crippen LogP contribution in [0, 0.1) is 0 Å². The van der Waals surface area contributed by atoms with E-state index in [2.05, 4.69) is 5.32 Å². The summed E-state index contributed by atoms with van der Waals surface area (Å²) < 4.78 is 33.1. The standard InChI is InChI=1S/C23H23ClN2O4S2/c1-3-31-22-12-8-7-11-20(22)25-23(27)16-26(17-13-14-21(30-2)19(24)15-17)32(28,29)18-9-5-4-6-10-18/h4-15H,3,16H2,1-2H3,(H,25,27). The van der Waals surface area contributed by atoms with Crippen LogP contribution in [0.1, 0.15) is 6.92 Å². The van der Waals surface area contributed by atoms with Gasteiger partial charge in [-0.3, -0.25) is 9.10 Å². The second-order valence-electron chi connectivity index (χ2n) is 6.62. The molecule has 0 saturated carbocycles. The first-order valence-electron chi connectivity index (χ1n) is 9.79. The molecule has 0 unspecified atom stereocenters. The minimum absolute atomic E-state index is 0.0710. The Hall–Kier alpha value is -2.68. The SMILES string of the molecule is CCSc1ccccc1NC(=O)CN(c1ccc(OC)c(Cl)c1)S(=O)(=O)c1ccccc1. The lowest BCUT2D eigenvalue weighted by molar-refractivity contribution is -0.114. The summed E-state index contributed by atoms with van der Waals surface area (Å²) in [5.74, 6) is 0.772. The zero-order valence-corrected chi connectivity index (χ0v) is 20.0. The molecule has 0 bridgehead atoms. The molecular weight excluding hydrogens is 468 g/mol. The van der Waals surface area contributed by atoms with Gasteiger partial charge in [-0.15, -0.1) is 11.8 Å². The van der Waals surface area contributed by atoms with Crippen LogP contribution >= 0.6 is 23.4 Å². The van der Waals surface area contributed by atoms with Crippen LogP contribution in [0.2, 0.25) is 5.02 Å². The van der Waals surface area contributed by atoms with Crippen molar-refractivity contribution in [3.05, 3.63) is 77.8 Å². The van der Waals surface area contributed by atoms with Crippen molar-refractivity contribution >= 4 is 50.7 Å². The van der Waals surface area contributed by atoms with E-state index in [-0.39, 0.29) is 15.6 Å². The number of nitrogens with zero attached hydrogens (tertiary/aromatic N) is 1. The number of nitrogens with one attached hydrogen (secondary N) is 1. The van der Waals surface area contributed by atoms with E-state index in [0.717, 1.165) is 15.0 Å². The first-order chi connectivity index (χ1) is 15.4. The highest BCUT2D eigenvalue weighted by Crippen LogP contribution is 2.32. The summed E-state index contributed by atoms with van der Waals surface area (Å²) in [5.41, 5.74) is 0.889. The van der Waals surface area contributed by atoms with Crippen molar-refractivity contribution in [1.29, 1.82) is 0 Å². The van der Waals surface area contributed by atoms with Gasteiger partial charge in [-0.2, -0.15) is 0 Å². The Labute approximate surface area is 197 Å². The van der Waals surface area contributed by atoms with E-state index < -0.39 is 22.5 Å². The smallest absolute Gasteiger partial charge is 0.264 e. The maximum atomic E-state index is 13.4. The topological polar surface area (TPSA) is 75.7 Å². The van der Waals surface area contributed by atoms with Crippen LogP contribution in [-0.4, -0.2) is 33.7 Å². The molecule has 3 aromatic carbocycles. The molecule has 9 heteroatoms. The third kappa shape index (κ3) is 5.56. The molecule has 0 radical (unpaired) electrons. The van der Waals surface area contributed by atoms with Crippen LogP contribution in [0.4, 0.5) is 11.4 Å². The molecule has 0 aromatic heterocycles. The van der Waals surface area contributed by atoms with E-state index in [1.807, 2.05) is 25.1 Å². The molecule has 3 aromatic rings. The maximum Gasteiger partial charge on any atom is 0.264 e. The molecule has 0 aliphatic heterocycles. The predicted octanol–water partition coefficient (Wildman–Crippen LogP) is 5.29. The van der Waals surface area contributed by atoms with Crippen molar-refractivity contribution in [1.82, 2.24) is 0 Å². The quantitative estimate of drug-likeness (QED) is 0.412. The Morgan fingerprint density at radius 3 is 2.41 bits per heavy atom. The van der Waals surface area contributed by atoms with Gasteiger partial charge in [-0.25, -0.2) is 8.42 Å². The molecular formula is C23H23ClN2O4S2. The minimum atomic E-state index is -4.03. The van der Waals surface area contributed by atoms with Crippen LogP contribution in [0.3, 0.4) is 0 Å². The lowest BCUT2D eigenvalue weighted by Gasteiger charge is -2.25. The summed E-state index contributed by atoms with van der Waals surface area (Å²) in [4.78, 5) is 13.9. The number of carbonyl (C=O) groups is 1. The van der Waals surface area contributed by atoms with Crippen molar-refractivity contribution in [3.8, 4) is 5.75 Å². The zero-order valence-electron chi connectivity index (χ0n) is 17.6. The number of hydrogen-bond donors (Lipinski definition) is 1. The third-order valence-electron chi connectivity index (χ3n) is 4.50. The van der Waals surface area contributed by atoms with E-state index in [1.165, 1.54) is 25.3 Å².